The number of amides is 1. The van der Waals surface area contributed by atoms with E-state index in [1.54, 1.807) is 60.4 Å². The van der Waals surface area contributed by atoms with Crippen LogP contribution < -0.4 is 16.2 Å². The smallest absolute Gasteiger partial charge is 0.343 e. The fourth-order valence-electron chi connectivity index (χ4n) is 3.49. The maximum Gasteiger partial charge on any atom is 0.343 e. The number of esters is 2. The molecule has 180 valence electrons. The Bertz CT molecular complexity index is 1020. The van der Waals surface area contributed by atoms with Gasteiger partial charge in [0.2, 0.25) is 0 Å². The normalized spacial score (nSPS) is 13.7. The number of benzene rings is 2. The molecule has 0 radical (unpaired) electrons. The molecule has 0 aliphatic carbocycles. The van der Waals surface area contributed by atoms with Crippen molar-refractivity contribution in [2.24, 2.45) is 16.5 Å². The van der Waals surface area contributed by atoms with Gasteiger partial charge in [-0.3, -0.25) is 14.5 Å². The van der Waals surface area contributed by atoms with Crippen molar-refractivity contribution in [2.45, 2.75) is 13.3 Å². The van der Waals surface area contributed by atoms with Gasteiger partial charge in [0, 0.05) is 38.3 Å². The summed E-state index contributed by atoms with van der Waals surface area (Å²) in [6.45, 7) is 5.34. The van der Waals surface area contributed by atoms with Gasteiger partial charge >= 0.3 is 11.9 Å². The average molecular weight is 468 g/mol. The molecule has 34 heavy (non-hydrogen) atoms. The van der Waals surface area contributed by atoms with Gasteiger partial charge in [0.1, 0.15) is 5.75 Å². The number of ether oxygens (including phenoxy) is 2. The van der Waals surface area contributed by atoms with Crippen LogP contribution in [0.3, 0.4) is 0 Å². The molecule has 0 saturated carbocycles. The predicted molar refractivity (Wildman–Crippen MR) is 127 cm³/mol. The Balaban J connectivity index is 1.49. The fraction of sp³-hybridized carbons (Fsp3) is 0.333. The Labute approximate surface area is 198 Å². The SMILES string of the molecule is CCOC(=O)CCN1CCN(C(=O)c2ccc(OC(=O)c3ccc(N=C(N)N)cc3)cc2)CC1. The quantitative estimate of drug-likeness (QED) is 0.258. The van der Waals surface area contributed by atoms with Gasteiger partial charge in [-0.05, 0) is 55.5 Å². The highest BCUT2D eigenvalue weighted by Crippen LogP contribution is 2.18. The first-order chi connectivity index (χ1) is 16.4. The second kappa shape index (κ2) is 11.8. The van der Waals surface area contributed by atoms with Crippen LogP contribution in [0.1, 0.15) is 34.1 Å². The summed E-state index contributed by atoms with van der Waals surface area (Å²) in [5.74, 6) is -0.559. The van der Waals surface area contributed by atoms with E-state index in [1.165, 1.54) is 0 Å². The van der Waals surface area contributed by atoms with E-state index in [1.807, 2.05) is 0 Å². The first-order valence-corrected chi connectivity index (χ1v) is 11.0. The van der Waals surface area contributed by atoms with E-state index in [9.17, 15) is 14.4 Å². The third-order valence-corrected chi connectivity index (χ3v) is 5.27. The van der Waals surface area contributed by atoms with Crippen molar-refractivity contribution in [3.63, 3.8) is 0 Å². The largest absolute Gasteiger partial charge is 0.466 e. The molecule has 1 heterocycles. The summed E-state index contributed by atoms with van der Waals surface area (Å²) in [5, 5.41) is 0. The maximum atomic E-state index is 12.8. The van der Waals surface area contributed by atoms with E-state index in [4.69, 9.17) is 20.9 Å². The highest BCUT2D eigenvalue weighted by atomic mass is 16.5. The Morgan fingerprint density at radius 1 is 0.912 bits per heavy atom. The van der Waals surface area contributed by atoms with E-state index in [0.29, 0.717) is 68.3 Å². The second-order valence-electron chi connectivity index (χ2n) is 7.69. The van der Waals surface area contributed by atoms with E-state index >= 15 is 0 Å². The molecule has 2 aromatic carbocycles. The number of rotatable bonds is 8. The molecule has 0 spiro atoms. The number of nitrogens with zero attached hydrogens (tertiary/aromatic N) is 3. The molecule has 0 atom stereocenters. The Kier molecular flexibility index (Phi) is 8.58. The number of piperazine rings is 1. The Morgan fingerprint density at radius 3 is 2.12 bits per heavy atom. The van der Waals surface area contributed by atoms with Crippen LogP contribution >= 0.6 is 0 Å². The molecule has 0 bridgehead atoms. The van der Waals surface area contributed by atoms with Crippen molar-refractivity contribution in [1.82, 2.24) is 9.80 Å². The lowest BCUT2D eigenvalue weighted by Crippen LogP contribution is -2.49. The summed E-state index contributed by atoms with van der Waals surface area (Å²) < 4.78 is 10.3. The monoisotopic (exact) mass is 467 g/mol. The van der Waals surface area contributed by atoms with Gasteiger partial charge in [0.15, 0.2) is 5.96 Å². The van der Waals surface area contributed by atoms with E-state index in [2.05, 4.69) is 9.89 Å². The van der Waals surface area contributed by atoms with Crippen molar-refractivity contribution >= 4 is 29.5 Å². The summed E-state index contributed by atoms with van der Waals surface area (Å²) >= 11 is 0. The number of guanidine groups is 1. The van der Waals surface area contributed by atoms with Crippen molar-refractivity contribution in [2.75, 3.05) is 39.3 Å². The summed E-state index contributed by atoms with van der Waals surface area (Å²) in [5.41, 5.74) is 12.1. The molecule has 10 heteroatoms. The van der Waals surface area contributed by atoms with Crippen LogP contribution in [0.25, 0.3) is 0 Å². The van der Waals surface area contributed by atoms with Gasteiger partial charge in [-0.25, -0.2) is 9.79 Å². The minimum absolute atomic E-state index is 0.0687. The third-order valence-electron chi connectivity index (χ3n) is 5.27. The van der Waals surface area contributed by atoms with Gasteiger partial charge in [-0.1, -0.05) is 0 Å². The average Bonchev–Trinajstić information content (AvgIpc) is 2.83. The zero-order valence-electron chi connectivity index (χ0n) is 19.1. The topological polar surface area (TPSA) is 141 Å². The summed E-state index contributed by atoms with van der Waals surface area (Å²) in [6, 6.07) is 12.8. The lowest BCUT2D eigenvalue weighted by Gasteiger charge is -2.34. The summed E-state index contributed by atoms with van der Waals surface area (Å²) in [7, 11) is 0. The van der Waals surface area contributed by atoms with Crippen molar-refractivity contribution in [1.29, 1.82) is 0 Å². The lowest BCUT2D eigenvalue weighted by atomic mass is 10.1. The number of carbonyl (C=O) groups excluding carboxylic acids is 3. The minimum Gasteiger partial charge on any atom is -0.466 e. The number of hydrogen-bond donors (Lipinski definition) is 2. The Morgan fingerprint density at radius 2 is 1.53 bits per heavy atom. The predicted octanol–water partition coefficient (Wildman–Crippen LogP) is 1.52. The molecular weight excluding hydrogens is 438 g/mol. The van der Waals surface area contributed by atoms with Crippen molar-refractivity contribution < 1.29 is 23.9 Å². The van der Waals surface area contributed by atoms with Crippen molar-refractivity contribution in [3.8, 4) is 5.75 Å². The van der Waals surface area contributed by atoms with Crippen LogP contribution in [0.4, 0.5) is 5.69 Å². The molecule has 1 aliphatic rings. The zero-order valence-corrected chi connectivity index (χ0v) is 19.1. The number of aliphatic imine (C=N–C) groups is 1. The van der Waals surface area contributed by atoms with Gasteiger partial charge in [0.25, 0.3) is 5.91 Å². The number of nitrogens with two attached hydrogens (primary N) is 2. The molecule has 1 saturated heterocycles. The molecule has 2 aromatic rings. The van der Waals surface area contributed by atoms with Gasteiger partial charge in [-0.15, -0.1) is 0 Å². The fourth-order valence-corrected chi connectivity index (χ4v) is 3.49. The highest BCUT2D eigenvalue weighted by molar-refractivity contribution is 5.95. The number of carbonyl (C=O) groups is 3. The number of hydrogen-bond acceptors (Lipinski definition) is 7. The molecule has 1 aliphatic heterocycles. The van der Waals surface area contributed by atoms with Crippen LogP contribution in [0.15, 0.2) is 53.5 Å². The van der Waals surface area contributed by atoms with Crippen LogP contribution in [0.2, 0.25) is 0 Å². The highest BCUT2D eigenvalue weighted by Gasteiger charge is 2.22. The second-order valence-corrected chi connectivity index (χ2v) is 7.69. The molecule has 4 N–H and O–H groups in total. The molecule has 10 nitrogen and oxygen atoms in total. The van der Waals surface area contributed by atoms with Gasteiger partial charge in [0.05, 0.1) is 24.3 Å². The molecule has 3 rings (SSSR count). The summed E-state index contributed by atoms with van der Waals surface area (Å²) in [4.78, 5) is 44.5. The minimum atomic E-state index is -0.533. The maximum absolute atomic E-state index is 12.8. The van der Waals surface area contributed by atoms with Gasteiger partial charge in [-0.2, -0.15) is 0 Å². The molecule has 0 aromatic heterocycles. The summed E-state index contributed by atoms with van der Waals surface area (Å²) in [6.07, 6.45) is 0.350. The third kappa shape index (κ3) is 7.04. The molecule has 1 fully saturated rings. The first kappa shape index (κ1) is 24.7. The molecule has 0 unspecified atom stereocenters. The zero-order chi connectivity index (χ0) is 24.5. The van der Waals surface area contributed by atoms with Crippen LogP contribution in [-0.2, 0) is 9.53 Å². The van der Waals surface area contributed by atoms with Crippen molar-refractivity contribution in [3.05, 3.63) is 59.7 Å². The van der Waals surface area contributed by atoms with Crippen LogP contribution in [0.5, 0.6) is 5.75 Å². The standard InChI is InChI=1S/C24H29N5O5/c1-2-33-21(30)11-12-28-13-15-29(16-14-28)22(31)17-5-9-20(10-6-17)34-23(32)18-3-7-19(8-4-18)27-24(25)26/h3-10H,2,11-16H2,1H3,(H4,25,26,27). The molecule has 1 amide bonds. The van der Waals surface area contributed by atoms with E-state index < -0.39 is 5.97 Å². The Hall–Kier alpha value is -3.92. The molecular formula is C24H29N5O5. The first-order valence-electron chi connectivity index (χ1n) is 11.0. The van der Waals surface area contributed by atoms with Gasteiger partial charge < -0.3 is 25.8 Å². The van der Waals surface area contributed by atoms with Crippen LogP contribution in [-0.4, -0.2) is 72.9 Å². The van der Waals surface area contributed by atoms with E-state index in [-0.39, 0.29) is 17.8 Å². The lowest BCUT2D eigenvalue weighted by molar-refractivity contribution is -0.143. The van der Waals surface area contributed by atoms with E-state index in [0.717, 1.165) is 0 Å². The van der Waals surface area contributed by atoms with Crippen LogP contribution in [0, 0.1) is 0 Å².